The molecule has 3 rings (SSSR count). The predicted octanol–water partition coefficient (Wildman–Crippen LogP) is 3.89. The van der Waals surface area contributed by atoms with Gasteiger partial charge in [-0.1, -0.05) is 0 Å². The average Bonchev–Trinajstić information content (AvgIpc) is 3.11. The number of furan rings is 1. The molecule has 0 saturated heterocycles. The van der Waals surface area contributed by atoms with Crippen molar-refractivity contribution in [1.82, 2.24) is 5.32 Å². The van der Waals surface area contributed by atoms with Gasteiger partial charge >= 0.3 is 0 Å². The summed E-state index contributed by atoms with van der Waals surface area (Å²) in [7, 11) is 0. The first-order valence-corrected chi connectivity index (χ1v) is 9.26. The number of ether oxygens (including phenoxy) is 2. The maximum Gasteiger partial charge on any atom is 0.258 e. The van der Waals surface area contributed by atoms with Crippen molar-refractivity contribution >= 4 is 21.8 Å². The highest BCUT2D eigenvalue weighted by Crippen LogP contribution is 2.37. The predicted molar refractivity (Wildman–Crippen MR) is 98.1 cm³/mol. The summed E-state index contributed by atoms with van der Waals surface area (Å²) in [5.41, 5.74) is 1.49. The van der Waals surface area contributed by atoms with E-state index < -0.39 is 0 Å². The van der Waals surface area contributed by atoms with E-state index in [9.17, 15) is 4.79 Å². The Balaban J connectivity index is 1.66. The van der Waals surface area contributed by atoms with E-state index in [-0.39, 0.29) is 18.6 Å². The molecule has 1 heterocycles. The highest BCUT2D eigenvalue weighted by atomic mass is 79.9. The van der Waals surface area contributed by atoms with E-state index in [0.29, 0.717) is 28.1 Å². The first-order valence-electron chi connectivity index (χ1n) is 8.47. The SMILES string of the molecule is CCOc1cc(C#N)cc(Br)c1OCC(=O)NC1CCCc2occc21. The van der Waals surface area contributed by atoms with Crippen LogP contribution in [0, 0.1) is 11.3 Å². The molecule has 6 nitrogen and oxygen atoms in total. The van der Waals surface area contributed by atoms with E-state index in [1.165, 1.54) is 0 Å². The number of carbonyl (C=O) groups excluding carboxylic acids is 1. The fraction of sp³-hybridized carbons (Fsp3) is 0.368. The topological polar surface area (TPSA) is 84.5 Å². The van der Waals surface area contributed by atoms with E-state index in [0.717, 1.165) is 30.6 Å². The first-order chi connectivity index (χ1) is 12.6. The van der Waals surface area contributed by atoms with Crippen LogP contribution in [0.25, 0.3) is 0 Å². The molecule has 0 fully saturated rings. The third-order valence-corrected chi connectivity index (χ3v) is 4.76. The maximum atomic E-state index is 12.3. The standard InChI is InChI=1S/C19H19BrN2O4/c1-2-24-17-9-12(10-21)8-14(20)19(17)26-11-18(23)22-15-4-3-5-16-13(15)6-7-25-16/h6-9,15H,2-5,11H2,1H3,(H,22,23). The third-order valence-electron chi connectivity index (χ3n) is 4.17. The Kier molecular flexibility index (Phi) is 5.84. The molecule has 1 aromatic carbocycles. The molecule has 1 amide bonds. The molecule has 136 valence electrons. The number of carbonyl (C=O) groups is 1. The number of hydrogen-bond donors (Lipinski definition) is 1. The highest BCUT2D eigenvalue weighted by Gasteiger charge is 2.24. The normalized spacial score (nSPS) is 15.7. The van der Waals surface area contributed by atoms with E-state index in [1.807, 2.05) is 13.0 Å². The van der Waals surface area contributed by atoms with Crippen molar-refractivity contribution in [3.63, 3.8) is 0 Å². The van der Waals surface area contributed by atoms with Gasteiger partial charge in [0.15, 0.2) is 18.1 Å². The lowest BCUT2D eigenvalue weighted by Gasteiger charge is -2.23. The second-order valence-corrected chi connectivity index (χ2v) is 6.78. The van der Waals surface area contributed by atoms with Crippen LogP contribution in [0.15, 0.2) is 33.4 Å². The van der Waals surface area contributed by atoms with E-state index in [4.69, 9.17) is 19.2 Å². The molecule has 7 heteroatoms. The molecular weight excluding hydrogens is 400 g/mol. The number of hydrogen-bond acceptors (Lipinski definition) is 5. The number of benzene rings is 1. The molecule has 1 N–H and O–H groups in total. The van der Waals surface area contributed by atoms with Crippen LogP contribution in [-0.4, -0.2) is 19.1 Å². The van der Waals surface area contributed by atoms with Gasteiger partial charge in [-0.15, -0.1) is 0 Å². The number of nitrogens with one attached hydrogen (secondary N) is 1. The molecule has 1 atom stereocenters. The lowest BCUT2D eigenvalue weighted by molar-refractivity contribution is -0.124. The van der Waals surface area contributed by atoms with Gasteiger partial charge in [-0.05, 0) is 47.8 Å². The zero-order chi connectivity index (χ0) is 18.5. The van der Waals surface area contributed by atoms with Gasteiger partial charge in [0.25, 0.3) is 5.91 Å². The smallest absolute Gasteiger partial charge is 0.258 e. The maximum absolute atomic E-state index is 12.3. The number of aryl methyl sites for hydroxylation is 1. The molecule has 1 aromatic heterocycles. The molecule has 0 spiro atoms. The minimum Gasteiger partial charge on any atom is -0.490 e. The molecule has 1 aliphatic carbocycles. The molecule has 2 aromatic rings. The van der Waals surface area contributed by atoms with Crippen molar-refractivity contribution in [2.75, 3.05) is 13.2 Å². The van der Waals surface area contributed by atoms with E-state index in [2.05, 4.69) is 27.3 Å². The summed E-state index contributed by atoms with van der Waals surface area (Å²) >= 11 is 3.37. The van der Waals surface area contributed by atoms with Crippen LogP contribution >= 0.6 is 15.9 Å². The van der Waals surface area contributed by atoms with Crippen LogP contribution in [0.4, 0.5) is 0 Å². The number of halogens is 1. The second-order valence-electron chi connectivity index (χ2n) is 5.93. The van der Waals surface area contributed by atoms with Crippen LogP contribution in [0.5, 0.6) is 11.5 Å². The fourth-order valence-electron chi connectivity index (χ4n) is 3.05. The summed E-state index contributed by atoms with van der Waals surface area (Å²) in [4.78, 5) is 12.3. The van der Waals surface area contributed by atoms with Crippen LogP contribution in [0.2, 0.25) is 0 Å². The molecule has 1 aliphatic rings. The lowest BCUT2D eigenvalue weighted by Crippen LogP contribution is -2.34. The summed E-state index contributed by atoms with van der Waals surface area (Å²) in [6.07, 6.45) is 4.42. The Morgan fingerprint density at radius 1 is 1.46 bits per heavy atom. The van der Waals surface area contributed by atoms with Crippen molar-refractivity contribution in [2.45, 2.75) is 32.2 Å². The minimum atomic E-state index is -0.220. The van der Waals surface area contributed by atoms with Gasteiger partial charge in [-0.2, -0.15) is 5.26 Å². The lowest BCUT2D eigenvalue weighted by atomic mass is 9.93. The zero-order valence-corrected chi connectivity index (χ0v) is 16.0. The van der Waals surface area contributed by atoms with Crippen molar-refractivity contribution < 1.29 is 18.7 Å². The molecule has 0 saturated carbocycles. The van der Waals surface area contributed by atoms with Crippen molar-refractivity contribution in [1.29, 1.82) is 5.26 Å². The number of rotatable bonds is 6. The molecule has 26 heavy (non-hydrogen) atoms. The molecule has 1 unspecified atom stereocenters. The average molecular weight is 419 g/mol. The number of amides is 1. The second kappa shape index (κ2) is 8.28. The number of fused-ring (bicyclic) bond motifs is 1. The van der Waals surface area contributed by atoms with Gasteiger partial charge in [0.2, 0.25) is 0 Å². The van der Waals surface area contributed by atoms with Gasteiger partial charge in [0, 0.05) is 18.1 Å². The first kappa shape index (κ1) is 18.3. The summed E-state index contributed by atoms with van der Waals surface area (Å²) < 4.78 is 17.2. The summed E-state index contributed by atoms with van der Waals surface area (Å²) in [6, 6.07) is 7.15. The fourth-order valence-corrected chi connectivity index (χ4v) is 3.60. The van der Waals surface area contributed by atoms with Crippen molar-refractivity contribution in [2.24, 2.45) is 0 Å². The Labute approximate surface area is 160 Å². The van der Waals surface area contributed by atoms with Crippen LogP contribution in [0.3, 0.4) is 0 Å². The molecular formula is C19H19BrN2O4. The van der Waals surface area contributed by atoms with E-state index >= 15 is 0 Å². The Bertz CT molecular complexity index is 841. The Morgan fingerprint density at radius 3 is 3.08 bits per heavy atom. The Hall–Kier alpha value is -2.46. The molecule has 0 aliphatic heterocycles. The number of nitrogens with zero attached hydrogens (tertiary/aromatic N) is 1. The molecule has 0 radical (unpaired) electrons. The van der Waals surface area contributed by atoms with E-state index in [1.54, 1.807) is 18.4 Å². The minimum absolute atomic E-state index is 0.0515. The monoisotopic (exact) mass is 418 g/mol. The third kappa shape index (κ3) is 4.02. The van der Waals surface area contributed by atoms with Crippen molar-refractivity contribution in [3.05, 3.63) is 45.8 Å². The highest BCUT2D eigenvalue weighted by molar-refractivity contribution is 9.10. The summed E-state index contributed by atoms with van der Waals surface area (Å²) in [5.74, 6) is 1.56. The largest absolute Gasteiger partial charge is 0.490 e. The van der Waals surface area contributed by atoms with Gasteiger partial charge in [-0.3, -0.25) is 4.79 Å². The van der Waals surface area contributed by atoms with Gasteiger partial charge in [0.1, 0.15) is 5.76 Å². The summed E-state index contributed by atoms with van der Waals surface area (Å²) in [5, 5.41) is 12.1. The van der Waals surface area contributed by atoms with Crippen molar-refractivity contribution in [3.8, 4) is 17.6 Å². The number of nitriles is 1. The van der Waals surface area contributed by atoms with Gasteiger partial charge in [0.05, 0.1) is 35.0 Å². The molecule has 0 bridgehead atoms. The van der Waals surface area contributed by atoms with Gasteiger partial charge < -0.3 is 19.2 Å². The van der Waals surface area contributed by atoms with Crippen LogP contribution in [0.1, 0.15) is 42.7 Å². The summed E-state index contributed by atoms with van der Waals surface area (Å²) in [6.45, 7) is 2.12. The van der Waals surface area contributed by atoms with Gasteiger partial charge in [-0.25, -0.2) is 0 Å². The zero-order valence-electron chi connectivity index (χ0n) is 14.4. The quantitative estimate of drug-likeness (QED) is 0.768. The van der Waals surface area contributed by atoms with Crippen LogP contribution < -0.4 is 14.8 Å². The Morgan fingerprint density at radius 2 is 2.31 bits per heavy atom. The van der Waals surface area contributed by atoms with Crippen LogP contribution in [-0.2, 0) is 11.2 Å².